The van der Waals surface area contributed by atoms with Crippen molar-refractivity contribution in [3.05, 3.63) is 12.3 Å². The second-order valence-corrected chi connectivity index (χ2v) is 2.85. The number of hydrogen-bond acceptors (Lipinski definition) is 5. The average Bonchev–Trinajstić information content (AvgIpc) is 2.30. The van der Waals surface area contributed by atoms with E-state index in [4.69, 9.17) is 4.74 Å². The molecule has 0 bridgehead atoms. The van der Waals surface area contributed by atoms with Crippen LogP contribution in [0.2, 0.25) is 0 Å². The lowest BCUT2D eigenvalue weighted by Gasteiger charge is -2.23. The Hall–Kier alpha value is -2.05. The smallest absolute Gasteiger partial charge is 0.433 e. The molecule has 1 heterocycles. The summed E-state index contributed by atoms with van der Waals surface area (Å²) in [6.07, 6.45) is 2.58. The van der Waals surface area contributed by atoms with E-state index in [1.165, 1.54) is 11.9 Å². The van der Waals surface area contributed by atoms with Crippen LogP contribution in [0, 0.1) is 0 Å². The maximum Gasteiger partial charge on any atom is 0.433 e. The van der Waals surface area contributed by atoms with E-state index in [1.54, 1.807) is 19.2 Å². The lowest BCUT2D eigenvalue weighted by molar-refractivity contribution is -0.126. The van der Waals surface area contributed by atoms with Gasteiger partial charge in [-0.25, -0.2) is 4.79 Å². The number of rotatable bonds is 2. The largest absolute Gasteiger partial charge is 0.470 e. The molecule has 0 saturated carbocycles. The van der Waals surface area contributed by atoms with Gasteiger partial charge < -0.3 is 15.0 Å². The molecule has 7 heteroatoms. The van der Waals surface area contributed by atoms with E-state index in [9.17, 15) is 9.59 Å². The van der Waals surface area contributed by atoms with Gasteiger partial charge in [0.1, 0.15) is 6.61 Å². The van der Waals surface area contributed by atoms with Gasteiger partial charge in [-0.1, -0.05) is 6.08 Å². The number of oxime groups is 1. The third-order valence-corrected chi connectivity index (χ3v) is 1.76. The van der Waals surface area contributed by atoms with Crippen LogP contribution in [0.3, 0.4) is 0 Å². The Morgan fingerprint density at radius 2 is 2.44 bits per heavy atom. The first-order valence-corrected chi connectivity index (χ1v) is 4.72. The van der Waals surface area contributed by atoms with Crippen molar-refractivity contribution in [3.8, 4) is 0 Å². The fourth-order valence-electron chi connectivity index (χ4n) is 1.04. The van der Waals surface area contributed by atoms with E-state index < -0.39 is 12.0 Å². The summed E-state index contributed by atoms with van der Waals surface area (Å²) >= 11 is 0. The first-order chi connectivity index (χ1) is 7.69. The Balaban J connectivity index is 2.66. The first-order valence-electron chi connectivity index (χ1n) is 4.72. The number of hydrogen-bond donors (Lipinski definition) is 1. The third kappa shape index (κ3) is 2.97. The highest BCUT2D eigenvalue weighted by Gasteiger charge is 2.25. The number of carbonyl (C=O) groups excluding carboxylic acids is 2. The molecule has 88 valence electrons. The van der Waals surface area contributed by atoms with Crippen molar-refractivity contribution in [3.63, 3.8) is 0 Å². The van der Waals surface area contributed by atoms with Crippen molar-refractivity contribution < 1.29 is 19.2 Å². The Morgan fingerprint density at radius 1 is 1.69 bits per heavy atom. The Bertz CT molecular complexity index is 338. The summed E-state index contributed by atoms with van der Waals surface area (Å²) < 4.78 is 4.98. The quantitative estimate of drug-likeness (QED) is 0.534. The molecule has 1 aliphatic rings. The minimum atomic E-state index is -0.757. The number of morpholine rings is 1. The van der Waals surface area contributed by atoms with Crippen LogP contribution >= 0.6 is 0 Å². The zero-order valence-electron chi connectivity index (χ0n) is 9.10. The van der Waals surface area contributed by atoms with Crippen LogP contribution in [-0.4, -0.2) is 43.0 Å². The topological polar surface area (TPSA) is 80.2 Å². The number of carbonyl (C=O) groups is 2. The molecule has 7 nitrogen and oxygen atoms in total. The van der Waals surface area contributed by atoms with E-state index in [-0.39, 0.29) is 5.90 Å². The Labute approximate surface area is 92.7 Å². The normalized spacial score (nSPS) is 18.8. The van der Waals surface area contributed by atoms with Crippen LogP contribution in [0.4, 0.5) is 4.79 Å². The predicted molar refractivity (Wildman–Crippen MR) is 55.5 cm³/mol. The highest BCUT2D eigenvalue weighted by molar-refractivity contribution is 6.35. The zero-order valence-corrected chi connectivity index (χ0v) is 9.10. The van der Waals surface area contributed by atoms with Gasteiger partial charge in [0, 0.05) is 13.2 Å². The summed E-state index contributed by atoms with van der Waals surface area (Å²) in [6.45, 7) is 2.55. The van der Waals surface area contributed by atoms with Gasteiger partial charge in [0.15, 0.2) is 0 Å². The molecular weight excluding hydrogens is 214 g/mol. The van der Waals surface area contributed by atoms with E-state index in [0.29, 0.717) is 13.2 Å². The number of ether oxygens (including phenoxy) is 1. The molecule has 1 rings (SSSR count). The summed E-state index contributed by atoms with van der Waals surface area (Å²) in [4.78, 5) is 28.2. The summed E-state index contributed by atoms with van der Waals surface area (Å²) in [7, 11) is 1.39. The molecule has 1 saturated heterocycles. The second-order valence-electron chi connectivity index (χ2n) is 2.85. The maximum absolute atomic E-state index is 11.6. The van der Waals surface area contributed by atoms with E-state index in [2.05, 4.69) is 15.3 Å². The highest BCUT2D eigenvalue weighted by Crippen LogP contribution is 2.03. The van der Waals surface area contributed by atoms with Gasteiger partial charge in [0.2, 0.25) is 0 Å². The van der Waals surface area contributed by atoms with Crippen molar-refractivity contribution in [2.75, 3.05) is 20.2 Å². The lowest BCUT2D eigenvalue weighted by Crippen LogP contribution is -2.42. The van der Waals surface area contributed by atoms with Crippen LogP contribution in [0.25, 0.3) is 0 Å². The molecule has 0 spiro atoms. The number of amides is 2. The van der Waals surface area contributed by atoms with Gasteiger partial charge in [-0.15, -0.1) is 0 Å². The fraction of sp³-hybridized carbons (Fsp3) is 0.444. The number of nitrogens with zero attached hydrogens (tertiary/aromatic N) is 2. The monoisotopic (exact) mass is 227 g/mol. The standard InChI is InChI=1S/C9H13N3O4/c1-3-4-12-5-6-15-7(8(12)13)11-16-9(14)10-2/h3-4H,5-6H2,1-2H3,(H,10,14). The molecule has 0 unspecified atom stereocenters. The summed E-state index contributed by atoms with van der Waals surface area (Å²) in [5.74, 6) is -0.666. The molecule has 16 heavy (non-hydrogen) atoms. The maximum atomic E-state index is 11.6. The molecule has 0 radical (unpaired) electrons. The van der Waals surface area contributed by atoms with Crippen molar-refractivity contribution in [1.82, 2.24) is 10.2 Å². The lowest BCUT2D eigenvalue weighted by atomic mass is 10.4. The molecule has 1 N–H and O–H groups in total. The molecule has 0 aromatic rings. The van der Waals surface area contributed by atoms with Crippen molar-refractivity contribution >= 4 is 17.9 Å². The highest BCUT2D eigenvalue weighted by atomic mass is 16.7. The van der Waals surface area contributed by atoms with Gasteiger partial charge >= 0.3 is 17.9 Å². The Morgan fingerprint density at radius 3 is 3.06 bits per heavy atom. The molecule has 1 aliphatic heterocycles. The molecule has 2 amide bonds. The minimum Gasteiger partial charge on any atom is -0.470 e. The van der Waals surface area contributed by atoms with Gasteiger partial charge in [0.25, 0.3) is 0 Å². The zero-order chi connectivity index (χ0) is 12.0. The summed E-state index contributed by atoms with van der Waals surface area (Å²) in [6, 6.07) is 0. The minimum absolute atomic E-state index is 0.229. The van der Waals surface area contributed by atoms with Crippen LogP contribution in [0.5, 0.6) is 0 Å². The summed E-state index contributed by atoms with van der Waals surface area (Å²) in [5.41, 5.74) is 0. The van der Waals surface area contributed by atoms with E-state index in [1.807, 2.05) is 0 Å². The van der Waals surface area contributed by atoms with Crippen LogP contribution in [0.15, 0.2) is 17.4 Å². The fourth-order valence-corrected chi connectivity index (χ4v) is 1.04. The molecule has 0 aromatic heterocycles. The van der Waals surface area contributed by atoms with Gasteiger partial charge in [-0.3, -0.25) is 9.63 Å². The SMILES string of the molecule is CC=CN1CCOC(=NOC(=O)NC)C1=O. The van der Waals surface area contributed by atoms with E-state index >= 15 is 0 Å². The first kappa shape index (κ1) is 12.0. The third-order valence-electron chi connectivity index (χ3n) is 1.76. The molecule has 0 aromatic carbocycles. The van der Waals surface area contributed by atoms with E-state index in [0.717, 1.165) is 0 Å². The molecule has 0 atom stereocenters. The van der Waals surface area contributed by atoms with Crippen LogP contribution in [0.1, 0.15) is 6.92 Å². The number of nitrogens with one attached hydrogen (secondary N) is 1. The van der Waals surface area contributed by atoms with Gasteiger partial charge in [-0.2, -0.15) is 0 Å². The molecule has 0 aliphatic carbocycles. The van der Waals surface area contributed by atoms with Crippen molar-refractivity contribution in [2.45, 2.75) is 6.92 Å². The Kier molecular flexibility index (Phi) is 4.31. The predicted octanol–water partition coefficient (Wildman–Crippen LogP) is 0.0483. The summed E-state index contributed by atoms with van der Waals surface area (Å²) in [5, 5.41) is 5.52. The second kappa shape index (κ2) is 5.74. The van der Waals surface area contributed by atoms with Crippen molar-refractivity contribution in [1.29, 1.82) is 0 Å². The number of allylic oxidation sites excluding steroid dienone is 1. The molecular formula is C9H13N3O4. The average molecular weight is 227 g/mol. The van der Waals surface area contributed by atoms with Crippen LogP contribution < -0.4 is 5.32 Å². The van der Waals surface area contributed by atoms with Crippen molar-refractivity contribution in [2.24, 2.45) is 5.16 Å². The van der Waals surface area contributed by atoms with Gasteiger partial charge in [-0.05, 0) is 12.1 Å². The van der Waals surface area contributed by atoms with Crippen LogP contribution in [-0.2, 0) is 14.4 Å². The van der Waals surface area contributed by atoms with Gasteiger partial charge in [0.05, 0.1) is 6.54 Å². The molecule has 1 fully saturated rings.